The largest absolute Gasteiger partial charge is 0.305 e. The minimum atomic E-state index is -3.00. The fraction of sp³-hybridized carbons (Fsp3) is 0.500. The van der Waals surface area contributed by atoms with Crippen molar-refractivity contribution in [2.75, 3.05) is 32.9 Å². The highest BCUT2D eigenvalue weighted by molar-refractivity contribution is 7.92. The standard InChI is InChI=1S/C18H24N4O2S/c1-20(2)17-13-25(23,24)18-12-21(11-16(17)18)10-15-8-9-19-22(15)14-6-4-3-5-7-14/h3-9,16-18H,10-13H2,1-2H3/t16-,17+,18-/m0/s1. The fourth-order valence-corrected chi connectivity index (χ4v) is 6.76. The summed E-state index contributed by atoms with van der Waals surface area (Å²) in [6.07, 6.45) is 1.80. The molecule has 2 saturated heterocycles. The van der Waals surface area contributed by atoms with E-state index in [9.17, 15) is 8.42 Å². The molecule has 1 aromatic carbocycles. The van der Waals surface area contributed by atoms with Crippen LogP contribution in [0, 0.1) is 5.92 Å². The van der Waals surface area contributed by atoms with Gasteiger partial charge in [0.15, 0.2) is 9.84 Å². The van der Waals surface area contributed by atoms with E-state index in [0.717, 1.165) is 24.5 Å². The Labute approximate surface area is 149 Å². The van der Waals surface area contributed by atoms with Gasteiger partial charge in [-0.1, -0.05) is 18.2 Å². The minimum absolute atomic E-state index is 0.124. The SMILES string of the molecule is CN(C)[C@@H]1CS(=O)(=O)[C@H]2CN(Cc3ccnn3-c3ccccc3)C[C@@H]12. The van der Waals surface area contributed by atoms with Gasteiger partial charge in [0.05, 0.1) is 22.4 Å². The lowest BCUT2D eigenvalue weighted by Gasteiger charge is -2.25. The van der Waals surface area contributed by atoms with Crippen molar-refractivity contribution in [2.45, 2.75) is 17.8 Å². The maximum Gasteiger partial charge on any atom is 0.156 e. The highest BCUT2D eigenvalue weighted by Gasteiger charge is 2.52. The summed E-state index contributed by atoms with van der Waals surface area (Å²) in [5.74, 6) is 0.499. The molecule has 3 atom stereocenters. The monoisotopic (exact) mass is 360 g/mol. The minimum Gasteiger partial charge on any atom is -0.305 e. The Kier molecular flexibility index (Phi) is 4.17. The smallest absolute Gasteiger partial charge is 0.156 e. The van der Waals surface area contributed by atoms with Gasteiger partial charge in [0, 0.05) is 37.8 Å². The van der Waals surface area contributed by atoms with Gasteiger partial charge >= 0.3 is 0 Å². The maximum absolute atomic E-state index is 12.5. The molecular formula is C18H24N4O2S. The molecule has 0 radical (unpaired) electrons. The van der Waals surface area contributed by atoms with Crippen molar-refractivity contribution in [1.82, 2.24) is 19.6 Å². The summed E-state index contributed by atoms with van der Waals surface area (Å²) in [7, 11) is 0.966. The zero-order valence-electron chi connectivity index (χ0n) is 14.6. The molecule has 25 heavy (non-hydrogen) atoms. The quantitative estimate of drug-likeness (QED) is 0.815. The van der Waals surface area contributed by atoms with Crippen molar-refractivity contribution in [1.29, 1.82) is 0 Å². The Morgan fingerprint density at radius 2 is 1.92 bits per heavy atom. The number of nitrogens with zero attached hydrogens (tertiary/aromatic N) is 4. The Hall–Kier alpha value is -1.70. The van der Waals surface area contributed by atoms with E-state index in [-0.39, 0.29) is 17.2 Å². The number of para-hydroxylation sites is 1. The molecule has 0 spiro atoms. The third kappa shape index (κ3) is 3.01. The van der Waals surface area contributed by atoms with Gasteiger partial charge in [-0.2, -0.15) is 5.10 Å². The van der Waals surface area contributed by atoms with E-state index >= 15 is 0 Å². The second-order valence-corrected chi connectivity index (χ2v) is 9.59. The van der Waals surface area contributed by atoms with E-state index in [1.807, 2.05) is 55.2 Å². The molecule has 2 aromatic rings. The number of hydrogen-bond acceptors (Lipinski definition) is 5. The van der Waals surface area contributed by atoms with Gasteiger partial charge in [0.25, 0.3) is 0 Å². The van der Waals surface area contributed by atoms with Crippen molar-refractivity contribution in [3.8, 4) is 5.69 Å². The summed E-state index contributed by atoms with van der Waals surface area (Å²) in [6.45, 7) is 2.17. The van der Waals surface area contributed by atoms with E-state index in [4.69, 9.17) is 0 Å². The molecule has 7 heteroatoms. The molecule has 134 valence electrons. The molecule has 0 N–H and O–H groups in total. The number of benzene rings is 1. The summed E-state index contributed by atoms with van der Waals surface area (Å²) in [5, 5.41) is 4.21. The van der Waals surface area contributed by atoms with Gasteiger partial charge in [-0.05, 0) is 32.3 Å². The van der Waals surface area contributed by atoms with Crippen LogP contribution in [0.15, 0.2) is 42.6 Å². The lowest BCUT2D eigenvalue weighted by atomic mass is 10.00. The normalized spacial score (nSPS) is 28.5. The Morgan fingerprint density at radius 1 is 1.16 bits per heavy atom. The summed E-state index contributed by atoms with van der Waals surface area (Å²) in [5.41, 5.74) is 2.12. The summed E-state index contributed by atoms with van der Waals surface area (Å²) in [4.78, 5) is 4.33. The lowest BCUT2D eigenvalue weighted by molar-refractivity contribution is 0.228. The Morgan fingerprint density at radius 3 is 2.64 bits per heavy atom. The molecule has 3 heterocycles. The van der Waals surface area contributed by atoms with Crippen molar-refractivity contribution in [3.63, 3.8) is 0 Å². The summed E-state index contributed by atoms with van der Waals surface area (Å²) < 4.78 is 27.0. The summed E-state index contributed by atoms with van der Waals surface area (Å²) in [6, 6.07) is 12.2. The number of fused-ring (bicyclic) bond motifs is 1. The van der Waals surface area contributed by atoms with Crippen LogP contribution in [0.3, 0.4) is 0 Å². The predicted octanol–water partition coefficient (Wildman–Crippen LogP) is 1.03. The van der Waals surface area contributed by atoms with Gasteiger partial charge < -0.3 is 4.90 Å². The molecule has 6 nitrogen and oxygen atoms in total. The topological polar surface area (TPSA) is 58.4 Å². The summed E-state index contributed by atoms with van der Waals surface area (Å²) >= 11 is 0. The van der Waals surface area contributed by atoms with Crippen LogP contribution in [-0.4, -0.2) is 72.2 Å². The Balaban J connectivity index is 1.54. The van der Waals surface area contributed by atoms with Crippen molar-refractivity contribution >= 4 is 9.84 Å². The third-order valence-electron chi connectivity index (χ3n) is 5.51. The third-order valence-corrected chi connectivity index (χ3v) is 7.74. The molecule has 0 bridgehead atoms. The maximum atomic E-state index is 12.5. The van der Waals surface area contributed by atoms with Crippen LogP contribution in [0.4, 0.5) is 0 Å². The van der Waals surface area contributed by atoms with E-state index in [1.54, 1.807) is 6.20 Å². The van der Waals surface area contributed by atoms with Crippen LogP contribution in [0.5, 0.6) is 0 Å². The molecule has 2 aliphatic heterocycles. The number of sulfone groups is 1. The first-order chi connectivity index (χ1) is 12.0. The molecule has 0 amide bonds. The highest BCUT2D eigenvalue weighted by Crippen LogP contribution is 2.36. The van der Waals surface area contributed by atoms with Gasteiger partial charge in [-0.15, -0.1) is 0 Å². The number of aromatic nitrogens is 2. The van der Waals surface area contributed by atoms with Gasteiger partial charge in [-0.3, -0.25) is 4.90 Å². The molecule has 0 aliphatic carbocycles. The van der Waals surface area contributed by atoms with E-state index in [0.29, 0.717) is 12.3 Å². The number of likely N-dealkylation sites (tertiary alicyclic amines) is 1. The van der Waals surface area contributed by atoms with Gasteiger partial charge in [0.1, 0.15) is 0 Å². The van der Waals surface area contributed by atoms with Crippen LogP contribution >= 0.6 is 0 Å². The predicted molar refractivity (Wildman–Crippen MR) is 97.4 cm³/mol. The average molecular weight is 360 g/mol. The second-order valence-electron chi connectivity index (χ2n) is 7.33. The Bertz CT molecular complexity index is 847. The second kappa shape index (κ2) is 6.23. The van der Waals surface area contributed by atoms with Crippen LogP contribution in [0.1, 0.15) is 5.69 Å². The van der Waals surface area contributed by atoms with Crippen LogP contribution in [-0.2, 0) is 16.4 Å². The number of rotatable bonds is 4. The average Bonchev–Trinajstić information content (AvgIpc) is 3.25. The molecule has 0 saturated carbocycles. The zero-order chi connectivity index (χ0) is 17.6. The lowest BCUT2D eigenvalue weighted by Crippen LogP contribution is -2.37. The molecule has 2 aliphatic rings. The van der Waals surface area contributed by atoms with Gasteiger partial charge in [0.2, 0.25) is 0 Å². The van der Waals surface area contributed by atoms with Crippen LogP contribution < -0.4 is 0 Å². The fourth-order valence-electron chi connectivity index (χ4n) is 4.26. The van der Waals surface area contributed by atoms with E-state index in [2.05, 4.69) is 14.9 Å². The van der Waals surface area contributed by atoms with E-state index in [1.165, 1.54) is 0 Å². The van der Waals surface area contributed by atoms with E-state index < -0.39 is 9.84 Å². The molecule has 2 fully saturated rings. The highest BCUT2D eigenvalue weighted by atomic mass is 32.2. The number of hydrogen-bond donors (Lipinski definition) is 0. The first-order valence-electron chi connectivity index (χ1n) is 8.64. The van der Waals surface area contributed by atoms with Crippen LogP contribution in [0.25, 0.3) is 5.69 Å². The first-order valence-corrected chi connectivity index (χ1v) is 10.4. The molecule has 0 unspecified atom stereocenters. The van der Waals surface area contributed by atoms with Crippen molar-refractivity contribution in [2.24, 2.45) is 5.92 Å². The zero-order valence-corrected chi connectivity index (χ0v) is 15.4. The first kappa shape index (κ1) is 16.8. The molecular weight excluding hydrogens is 336 g/mol. The van der Waals surface area contributed by atoms with Gasteiger partial charge in [-0.25, -0.2) is 13.1 Å². The molecule has 4 rings (SSSR count). The van der Waals surface area contributed by atoms with Crippen molar-refractivity contribution in [3.05, 3.63) is 48.3 Å². The van der Waals surface area contributed by atoms with Crippen molar-refractivity contribution < 1.29 is 8.42 Å². The molecule has 1 aromatic heterocycles. The van der Waals surface area contributed by atoms with Crippen LogP contribution in [0.2, 0.25) is 0 Å².